The Morgan fingerprint density at radius 3 is 2.00 bits per heavy atom. The van der Waals surface area contributed by atoms with Crippen molar-refractivity contribution in [2.45, 2.75) is 43.6 Å². The predicted octanol–water partition coefficient (Wildman–Crippen LogP) is 4.34. The summed E-state index contributed by atoms with van der Waals surface area (Å²) in [6, 6.07) is 13.6. The van der Waals surface area contributed by atoms with Gasteiger partial charge in [0, 0.05) is 31.1 Å². The van der Waals surface area contributed by atoms with Crippen LogP contribution in [0.25, 0.3) is 0 Å². The minimum Gasteiger partial charge on any atom is -0.355 e. The van der Waals surface area contributed by atoms with E-state index in [-0.39, 0.29) is 29.0 Å². The number of nitrogens with one attached hydrogen (secondary N) is 1. The van der Waals surface area contributed by atoms with Crippen LogP contribution in [0, 0.1) is 17.0 Å². The molecule has 2 heterocycles. The highest BCUT2D eigenvalue weighted by molar-refractivity contribution is 5.86. The number of carbonyl (C=O) groups excluding carboxylic acids is 1. The van der Waals surface area contributed by atoms with Gasteiger partial charge in [0.15, 0.2) is 0 Å². The normalized spacial score (nSPS) is 25.6. The molecule has 5 rings (SSSR count). The van der Waals surface area contributed by atoms with E-state index in [1.807, 2.05) is 24.3 Å². The minimum atomic E-state index is -0.415. The summed E-state index contributed by atoms with van der Waals surface area (Å²) in [7, 11) is 0. The van der Waals surface area contributed by atoms with Crippen LogP contribution in [0.4, 0.5) is 8.78 Å². The van der Waals surface area contributed by atoms with Crippen LogP contribution < -0.4 is 5.32 Å². The molecule has 0 bridgehead atoms. The average Bonchev–Trinajstić information content (AvgIpc) is 3.00. The van der Waals surface area contributed by atoms with E-state index in [1.54, 1.807) is 12.1 Å². The number of benzene rings is 2. The summed E-state index contributed by atoms with van der Waals surface area (Å²) in [5.41, 5.74) is 1.79. The first kappa shape index (κ1) is 18.7. The quantitative estimate of drug-likeness (QED) is 0.837. The second-order valence-electron chi connectivity index (χ2n) is 8.85. The van der Waals surface area contributed by atoms with Crippen LogP contribution >= 0.6 is 0 Å². The molecule has 1 unspecified atom stereocenters. The zero-order chi connectivity index (χ0) is 20.1. The van der Waals surface area contributed by atoms with E-state index in [1.165, 1.54) is 24.1 Å². The van der Waals surface area contributed by atoms with E-state index < -0.39 is 5.41 Å². The summed E-state index contributed by atoms with van der Waals surface area (Å²) in [6.45, 7) is 2.32. The smallest absolute Gasteiger partial charge is 0.227 e. The van der Waals surface area contributed by atoms with E-state index in [0.29, 0.717) is 6.54 Å². The van der Waals surface area contributed by atoms with Crippen molar-refractivity contribution in [3.05, 3.63) is 71.3 Å². The van der Waals surface area contributed by atoms with Crippen LogP contribution in [0.2, 0.25) is 0 Å². The predicted molar refractivity (Wildman–Crippen MR) is 107 cm³/mol. The lowest BCUT2D eigenvalue weighted by atomic mass is 9.65. The second kappa shape index (κ2) is 6.91. The molecule has 2 aliphatic heterocycles. The summed E-state index contributed by atoms with van der Waals surface area (Å²) < 4.78 is 26.8. The van der Waals surface area contributed by atoms with Crippen molar-refractivity contribution in [2.24, 2.45) is 5.41 Å². The molecule has 0 radical (unpaired) electrons. The van der Waals surface area contributed by atoms with Gasteiger partial charge in [-0.2, -0.15) is 0 Å². The Balaban J connectivity index is 1.39. The molecule has 3 nitrogen and oxygen atoms in total. The molecular weight excluding hydrogens is 370 g/mol. The molecule has 1 spiro atoms. The van der Waals surface area contributed by atoms with Crippen LogP contribution in [0.15, 0.2) is 48.5 Å². The standard InChI is InChI=1S/C24H26F2N2O/c25-19-6-2-17(3-7-19)21-16-27-22(29)23(21)12-14-28(15-13-23)24(10-1-11-24)18-4-8-20(26)9-5-18/h2-9,21H,1,10-16H2,(H,27,29). The fourth-order valence-electron chi connectivity index (χ4n) is 5.82. The van der Waals surface area contributed by atoms with Gasteiger partial charge in [-0.3, -0.25) is 9.69 Å². The maximum Gasteiger partial charge on any atom is 0.227 e. The van der Waals surface area contributed by atoms with Crippen LogP contribution in [0.5, 0.6) is 0 Å². The molecule has 3 aliphatic rings. The van der Waals surface area contributed by atoms with Gasteiger partial charge in [-0.15, -0.1) is 0 Å². The Labute approximate surface area is 170 Å². The average molecular weight is 396 g/mol. The van der Waals surface area contributed by atoms with Gasteiger partial charge in [0.05, 0.1) is 5.41 Å². The summed E-state index contributed by atoms with van der Waals surface area (Å²) in [4.78, 5) is 15.4. The Morgan fingerprint density at radius 2 is 1.45 bits per heavy atom. The maximum absolute atomic E-state index is 13.4. The van der Waals surface area contributed by atoms with Gasteiger partial charge in [0.1, 0.15) is 11.6 Å². The largest absolute Gasteiger partial charge is 0.355 e. The van der Waals surface area contributed by atoms with Crippen LogP contribution in [0.1, 0.15) is 49.1 Å². The van der Waals surface area contributed by atoms with Crippen molar-refractivity contribution in [1.29, 1.82) is 0 Å². The lowest BCUT2D eigenvalue weighted by molar-refractivity contribution is -0.133. The number of rotatable bonds is 3. The third-order valence-corrected chi connectivity index (χ3v) is 7.68. The Morgan fingerprint density at radius 1 is 0.862 bits per heavy atom. The molecule has 1 saturated carbocycles. The number of hydrogen-bond donors (Lipinski definition) is 1. The van der Waals surface area contributed by atoms with Crippen molar-refractivity contribution >= 4 is 5.91 Å². The molecule has 29 heavy (non-hydrogen) atoms. The molecule has 0 aromatic heterocycles. The van der Waals surface area contributed by atoms with Gasteiger partial charge in [-0.05, 0) is 67.5 Å². The fraction of sp³-hybridized carbons (Fsp3) is 0.458. The van der Waals surface area contributed by atoms with Crippen LogP contribution in [-0.4, -0.2) is 30.4 Å². The van der Waals surface area contributed by atoms with Crippen LogP contribution in [-0.2, 0) is 10.3 Å². The van der Waals surface area contributed by atoms with Crippen molar-refractivity contribution in [2.75, 3.05) is 19.6 Å². The summed E-state index contributed by atoms with van der Waals surface area (Å²) in [6.07, 6.45) is 4.93. The van der Waals surface area contributed by atoms with E-state index in [0.717, 1.165) is 44.3 Å². The molecule has 2 aromatic carbocycles. The summed E-state index contributed by atoms with van der Waals surface area (Å²) >= 11 is 0. The minimum absolute atomic E-state index is 0.0181. The van der Waals surface area contributed by atoms with Gasteiger partial charge in [-0.1, -0.05) is 24.3 Å². The van der Waals surface area contributed by atoms with Crippen molar-refractivity contribution in [1.82, 2.24) is 10.2 Å². The first-order valence-electron chi connectivity index (χ1n) is 10.6. The first-order chi connectivity index (χ1) is 14.0. The molecule has 1 N–H and O–H groups in total. The maximum atomic E-state index is 13.4. The highest BCUT2D eigenvalue weighted by atomic mass is 19.1. The lowest BCUT2D eigenvalue weighted by Crippen LogP contribution is -2.56. The Bertz CT molecular complexity index is 897. The molecule has 1 aliphatic carbocycles. The number of hydrogen-bond acceptors (Lipinski definition) is 2. The molecule has 1 atom stereocenters. The van der Waals surface area contributed by atoms with Crippen molar-refractivity contribution in [3.63, 3.8) is 0 Å². The highest BCUT2D eigenvalue weighted by Gasteiger charge is 2.55. The van der Waals surface area contributed by atoms with Crippen molar-refractivity contribution < 1.29 is 13.6 Å². The SMILES string of the molecule is O=C1NCC(c2ccc(F)cc2)C12CCN(C1(c3ccc(F)cc3)CCC1)CC2. The van der Waals surface area contributed by atoms with E-state index >= 15 is 0 Å². The van der Waals surface area contributed by atoms with Gasteiger partial charge in [-0.25, -0.2) is 8.78 Å². The fourth-order valence-corrected chi connectivity index (χ4v) is 5.82. The zero-order valence-corrected chi connectivity index (χ0v) is 16.5. The third-order valence-electron chi connectivity index (χ3n) is 7.68. The molecular formula is C24H26F2N2O. The van der Waals surface area contributed by atoms with E-state index in [2.05, 4.69) is 10.2 Å². The zero-order valence-electron chi connectivity index (χ0n) is 16.5. The Hall–Kier alpha value is -2.27. The van der Waals surface area contributed by atoms with Gasteiger partial charge in [0.25, 0.3) is 0 Å². The topological polar surface area (TPSA) is 32.3 Å². The number of amides is 1. The summed E-state index contributed by atoms with van der Waals surface area (Å²) in [5, 5.41) is 3.07. The van der Waals surface area contributed by atoms with Gasteiger partial charge in [0.2, 0.25) is 5.91 Å². The molecule has 5 heteroatoms. The lowest BCUT2D eigenvalue weighted by Gasteiger charge is -2.54. The number of halogens is 2. The molecule has 3 fully saturated rings. The van der Waals surface area contributed by atoms with E-state index in [4.69, 9.17) is 0 Å². The summed E-state index contributed by atoms with van der Waals surface area (Å²) in [5.74, 6) is -0.233. The monoisotopic (exact) mass is 396 g/mol. The van der Waals surface area contributed by atoms with Gasteiger partial charge < -0.3 is 5.32 Å². The molecule has 152 valence electrons. The second-order valence-corrected chi connectivity index (χ2v) is 8.85. The van der Waals surface area contributed by atoms with E-state index in [9.17, 15) is 13.6 Å². The molecule has 1 amide bonds. The highest BCUT2D eigenvalue weighted by Crippen LogP contribution is 2.53. The first-order valence-corrected chi connectivity index (χ1v) is 10.6. The number of nitrogens with zero attached hydrogens (tertiary/aromatic N) is 1. The van der Waals surface area contributed by atoms with Crippen molar-refractivity contribution in [3.8, 4) is 0 Å². The van der Waals surface area contributed by atoms with Gasteiger partial charge >= 0.3 is 0 Å². The number of carbonyl (C=O) groups is 1. The van der Waals surface area contributed by atoms with Crippen LogP contribution in [0.3, 0.4) is 0 Å². The third kappa shape index (κ3) is 2.90. The number of likely N-dealkylation sites (tertiary alicyclic amines) is 1. The molecule has 2 aromatic rings. The Kier molecular flexibility index (Phi) is 4.46. The molecule has 2 saturated heterocycles. The number of piperidine rings is 1.